The molecule has 0 aliphatic heterocycles. The Morgan fingerprint density at radius 1 is 1.38 bits per heavy atom. The van der Waals surface area contributed by atoms with Crippen molar-refractivity contribution in [3.8, 4) is 0 Å². The lowest BCUT2D eigenvalue weighted by Crippen LogP contribution is -2.14. The van der Waals surface area contributed by atoms with Crippen LogP contribution in [0.1, 0.15) is 60.1 Å². The molecule has 1 aromatic rings. The first-order valence-electron chi connectivity index (χ1n) is 5.79. The maximum absolute atomic E-state index is 11.1. The van der Waals surface area contributed by atoms with Crippen molar-refractivity contribution < 1.29 is 9.90 Å². The molecule has 1 aromatic heterocycles. The fourth-order valence-corrected chi connectivity index (χ4v) is 2.32. The van der Waals surface area contributed by atoms with Gasteiger partial charge in [-0.05, 0) is 31.6 Å². The van der Waals surface area contributed by atoms with Crippen LogP contribution in [0.4, 0.5) is 5.82 Å². The number of rotatable bonds is 3. The monoisotopic (exact) mass is 221 g/mol. The zero-order valence-corrected chi connectivity index (χ0v) is 9.02. The van der Waals surface area contributed by atoms with Crippen LogP contribution in [0.15, 0.2) is 0 Å². The third-order valence-corrected chi connectivity index (χ3v) is 3.59. The topological polar surface area (TPSA) is 81.1 Å². The Balaban J connectivity index is 2.07. The molecule has 2 fully saturated rings. The second kappa shape index (κ2) is 3.23. The predicted octanol–water partition coefficient (Wildman–Crippen LogP) is 1.77. The van der Waals surface area contributed by atoms with E-state index in [9.17, 15) is 4.79 Å². The van der Waals surface area contributed by atoms with Crippen molar-refractivity contribution in [2.75, 3.05) is 5.73 Å². The summed E-state index contributed by atoms with van der Waals surface area (Å²) in [7, 11) is 0. The standard InChI is InChI=1S/C11H15N3O2/c12-10-8(6-2-1-3-6)9(11(15)16)13-14(10)7-4-5-7/h6-7H,1-5,12H2,(H,15,16). The number of carbonyl (C=O) groups is 1. The van der Waals surface area contributed by atoms with Gasteiger partial charge in [-0.2, -0.15) is 5.10 Å². The van der Waals surface area contributed by atoms with E-state index >= 15 is 0 Å². The van der Waals surface area contributed by atoms with Crippen LogP contribution >= 0.6 is 0 Å². The Hall–Kier alpha value is -1.52. The van der Waals surface area contributed by atoms with Crippen LogP contribution in [0.2, 0.25) is 0 Å². The molecule has 86 valence electrons. The van der Waals surface area contributed by atoms with E-state index in [0.717, 1.165) is 37.7 Å². The molecule has 3 rings (SSSR count). The van der Waals surface area contributed by atoms with Crippen LogP contribution in [0, 0.1) is 0 Å². The maximum Gasteiger partial charge on any atom is 0.356 e. The minimum absolute atomic E-state index is 0.175. The third kappa shape index (κ3) is 1.31. The number of nitrogens with zero attached hydrogens (tertiary/aromatic N) is 2. The molecule has 2 aliphatic rings. The smallest absolute Gasteiger partial charge is 0.356 e. The van der Waals surface area contributed by atoms with E-state index < -0.39 is 5.97 Å². The Morgan fingerprint density at radius 2 is 2.06 bits per heavy atom. The molecule has 0 amide bonds. The van der Waals surface area contributed by atoms with Gasteiger partial charge in [0.05, 0.1) is 6.04 Å². The molecule has 0 atom stereocenters. The minimum atomic E-state index is -0.951. The van der Waals surface area contributed by atoms with Crippen LogP contribution in [0.5, 0.6) is 0 Å². The van der Waals surface area contributed by atoms with Gasteiger partial charge in [0.15, 0.2) is 5.69 Å². The Bertz CT molecular complexity index is 444. The molecule has 0 spiro atoms. The Kier molecular flexibility index (Phi) is 1.96. The number of anilines is 1. The van der Waals surface area contributed by atoms with Crippen molar-refractivity contribution in [2.45, 2.75) is 44.1 Å². The van der Waals surface area contributed by atoms with Gasteiger partial charge in [-0.3, -0.25) is 0 Å². The molecule has 5 heteroatoms. The fraction of sp³-hybridized carbons (Fsp3) is 0.636. The molecule has 1 heterocycles. The molecule has 2 saturated carbocycles. The summed E-state index contributed by atoms with van der Waals surface area (Å²) in [6, 6.07) is 0.340. The van der Waals surface area contributed by atoms with Crippen LogP contribution in [0.25, 0.3) is 0 Å². The number of hydrogen-bond donors (Lipinski definition) is 2. The predicted molar refractivity (Wildman–Crippen MR) is 58.5 cm³/mol. The number of aromatic carboxylic acids is 1. The van der Waals surface area contributed by atoms with Gasteiger partial charge in [0.1, 0.15) is 5.82 Å². The zero-order chi connectivity index (χ0) is 11.3. The van der Waals surface area contributed by atoms with E-state index in [4.69, 9.17) is 10.8 Å². The van der Waals surface area contributed by atoms with Crippen LogP contribution in [0.3, 0.4) is 0 Å². The molecule has 0 radical (unpaired) electrons. The maximum atomic E-state index is 11.1. The van der Waals surface area contributed by atoms with Crippen molar-refractivity contribution in [3.05, 3.63) is 11.3 Å². The van der Waals surface area contributed by atoms with Gasteiger partial charge >= 0.3 is 5.97 Å². The van der Waals surface area contributed by atoms with E-state index in [1.54, 1.807) is 4.68 Å². The summed E-state index contributed by atoms with van der Waals surface area (Å²) in [5, 5.41) is 13.3. The quantitative estimate of drug-likeness (QED) is 0.815. The highest BCUT2D eigenvalue weighted by atomic mass is 16.4. The third-order valence-electron chi connectivity index (χ3n) is 3.59. The Morgan fingerprint density at radius 3 is 2.50 bits per heavy atom. The highest BCUT2D eigenvalue weighted by Crippen LogP contribution is 2.44. The van der Waals surface area contributed by atoms with Gasteiger partial charge in [0.25, 0.3) is 0 Å². The van der Waals surface area contributed by atoms with Gasteiger partial charge in [-0.15, -0.1) is 0 Å². The lowest BCUT2D eigenvalue weighted by Gasteiger charge is -2.25. The second-order valence-electron chi connectivity index (χ2n) is 4.76. The molecule has 0 saturated heterocycles. The lowest BCUT2D eigenvalue weighted by atomic mass is 9.79. The van der Waals surface area contributed by atoms with Crippen molar-refractivity contribution in [1.82, 2.24) is 9.78 Å². The summed E-state index contributed by atoms with van der Waals surface area (Å²) in [5.74, 6) is -0.0452. The van der Waals surface area contributed by atoms with Crippen LogP contribution in [-0.4, -0.2) is 20.9 Å². The number of nitrogens with two attached hydrogens (primary N) is 1. The zero-order valence-electron chi connectivity index (χ0n) is 9.02. The number of hydrogen-bond acceptors (Lipinski definition) is 3. The first kappa shape index (κ1) is 9.69. The van der Waals surface area contributed by atoms with Gasteiger partial charge in [-0.25, -0.2) is 9.48 Å². The molecule has 0 unspecified atom stereocenters. The molecule has 0 bridgehead atoms. The SMILES string of the molecule is Nc1c(C2CCC2)c(C(=O)O)nn1C1CC1. The molecule has 16 heavy (non-hydrogen) atoms. The summed E-state index contributed by atoms with van der Waals surface area (Å²) >= 11 is 0. The van der Waals surface area contributed by atoms with Gasteiger partial charge in [0, 0.05) is 5.56 Å². The molecule has 2 aliphatic carbocycles. The highest BCUT2D eigenvalue weighted by Gasteiger charge is 2.35. The molecular weight excluding hydrogens is 206 g/mol. The number of carboxylic acid groups (broad SMARTS) is 1. The van der Waals surface area contributed by atoms with Crippen LogP contribution < -0.4 is 5.73 Å². The second-order valence-corrected chi connectivity index (χ2v) is 4.76. The van der Waals surface area contributed by atoms with E-state index in [0.29, 0.717) is 17.8 Å². The van der Waals surface area contributed by atoms with Gasteiger partial charge in [0.2, 0.25) is 0 Å². The number of nitrogen functional groups attached to an aromatic ring is 1. The fourth-order valence-electron chi connectivity index (χ4n) is 2.32. The summed E-state index contributed by atoms with van der Waals surface area (Å²) in [6.07, 6.45) is 5.38. The Labute approximate surface area is 93.2 Å². The molecule has 0 aromatic carbocycles. The number of aromatic nitrogens is 2. The van der Waals surface area contributed by atoms with E-state index in [2.05, 4.69) is 5.10 Å². The van der Waals surface area contributed by atoms with E-state index in [1.165, 1.54) is 0 Å². The minimum Gasteiger partial charge on any atom is -0.476 e. The average Bonchev–Trinajstić information content (AvgIpc) is 2.92. The first-order valence-corrected chi connectivity index (χ1v) is 5.79. The van der Waals surface area contributed by atoms with Crippen molar-refractivity contribution >= 4 is 11.8 Å². The normalized spacial score (nSPS) is 20.8. The van der Waals surface area contributed by atoms with Crippen molar-refractivity contribution in [2.24, 2.45) is 0 Å². The summed E-state index contributed by atoms with van der Waals surface area (Å²) in [5.41, 5.74) is 6.99. The van der Waals surface area contributed by atoms with E-state index in [-0.39, 0.29) is 5.69 Å². The van der Waals surface area contributed by atoms with Crippen molar-refractivity contribution in [3.63, 3.8) is 0 Å². The first-order chi connectivity index (χ1) is 7.68. The van der Waals surface area contributed by atoms with Crippen LogP contribution in [-0.2, 0) is 0 Å². The summed E-state index contributed by atoms with van der Waals surface area (Å²) in [4.78, 5) is 11.1. The summed E-state index contributed by atoms with van der Waals surface area (Å²) < 4.78 is 1.72. The van der Waals surface area contributed by atoms with Crippen molar-refractivity contribution in [1.29, 1.82) is 0 Å². The average molecular weight is 221 g/mol. The highest BCUT2D eigenvalue weighted by molar-refractivity contribution is 5.89. The van der Waals surface area contributed by atoms with E-state index in [1.807, 2.05) is 0 Å². The molecule has 3 N–H and O–H groups in total. The number of carboxylic acids is 1. The molecule has 5 nitrogen and oxygen atoms in total. The van der Waals surface area contributed by atoms with Gasteiger partial charge in [-0.1, -0.05) is 6.42 Å². The molecular formula is C11H15N3O2. The lowest BCUT2D eigenvalue weighted by molar-refractivity contribution is 0.0687. The summed E-state index contributed by atoms with van der Waals surface area (Å²) in [6.45, 7) is 0. The van der Waals surface area contributed by atoms with Gasteiger partial charge < -0.3 is 10.8 Å². The largest absolute Gasteiger partial charge is 0.476 e.